The van der Waals surface area contributed by atoms with E-state index in [4.69, 9.17) is 11.6 Å². The Labute approximate surface area is 110 Å². The fraction of sp³-hybridized carbons (Fsp3) is 0.385. The Hall–Kier alpha value is -1.55. The molecule has 0 atom stereocenters. The molecule has 2 aromatic rings. The smallest absolute Gasteiger partial charge is 0.251 e. The van der Waals surface area contributed by atoms with Crippen LogP contribution in [0.5, 0.6) is 0 Å². The number of imidazole rings is 1. The van der Waals surface area contributed by atoms with E-state index in [0.29, 0.717) is 16.9 Å². The molecule has 5 heteroatoms. The zero-order chi connectivity index (χ0) is 12.5. The summed E-state index contributed by atoms with van der Waals surface area (Å²) in [6, 6.07) is 5.71. The van der Waals surface area contributed by atoms with Crippen LogP contribution in [0.15, 0.2) is 18.2 Å². The number of aromatic nitrogens is 2. The minimum absolute atomic E-state index is 0.0190. The molecule has 0 aliphatic heterocycles. The first kappa shape index (κ1) is 11.5. The standard InChI is InChI=1S/C13H14ClN3O/c14-13-16-10-6-5-8(7-11(10)17-13)12(18)15-9-3-1-2-4-9/h5-7,9H,1-4H2,(H,15,18)(H,16,17). The Morgan fingerprint density at radius 2 is 2.17 bits per heavy atom. The Morgan fingerprint density at radius 3 is 2.94 bits per heavy atom. The maximum Gasteiger partial charge on any atom is 0.251 e. The predicted octanol–water partition coefficient (Wildman–Crippen LogP) is 2.89. The van der Waals surface area contributed by atoms with Gasteiger partial charge in [0.25, 0.3) is 5.91 Å². The Morgan fingerprint density at radius 1 is 1.39 bits per heavy atom. The maximum absolute atomic E-state index is 12.1. The largest absolute Gasteiger partial charge is 0.349 e. The average Bonchev–Trinajstić information content (AvgIpc) is 2.95. The quantitative estimate of drug-likeness (QED) is 0.875. The molecular weight excluding hydrogens is 250 g/mol. The number of halogens is 1. The number of fused-ring (bicyclic) bond motifs is 1. The van der Waals surface area contributed by atoms with Gasteiger partial charge in [0.05, 0.1) is 11.0 Å². The van der Waals surface area contributed by atoms with Crippen molar-refractivity contribution in [3.05, 3.63) is 29.0 Å². The molecule has 1 aromatic heterocycles. The van der Waals surface area contributed by atoms with Crippen LogP contribution in [-0.2, 0) is 0 Å². The van der Waals surface area contributed by atoms with E-state index in [2.05, 4.69) is 15.3 Å². The predicted molar refractivity (Wildman–Crippen MR) is 70.8 cm³/mol. The van der Waals surface area contributed by atoms with Crippen molar-refractivity contribution in [2.75, 3.05) is 0 Å². The second-order valence-corrected chi connectivity index (χ2v) is 5.07. The molecule has 0 spiro atoms. The lowest BCUT2D eigenvalue weighted by atomic mass is 10.1. The van der Waals surface area contributed by atoms with Crippen molar-refractivity contribution in [1.29, 1.82) is 0 Å². The minimum Gasteiger partial charge on any atom is -0.349 e. The summed E-state index contributed by atoms with van der Waals surface area (Å²) >= 11 is 5.79. The summed E-state index contributed by atoms with van der Waals surface area (Å²) in [5.41, 5.74) is 2.21. The van der Waals surface area contributed by atoms with Gasteiger partial charge in [-0.15, -0.1) is 0 Å². The van der Waals surface area contributed by atoms with Gasteiger partial charge in [-0.25, -0.2) is 4.98 Å². The highest BCUT2D eigenvalue weighted by Crippen LogP contribution is 2.19. The average molecular weight is 264 g/mol. The zero-order valence-electron chi connectivity index (χ0n) is 9.87. The van der Waals surface area contributed by atoms with Crippen molar-refractivity contribution in [3.63, 3.8) is 0 Å². The third kappa shape index (κ3) is 2.20. The second-order valence-electron chi connectivity index (χ2n) is 4.71. The van der Waals surface area contributed by atoms with E-state index in [1.807, 2.05) is 0 Å². The van der Waals surface area contributed by atoms with Gasteiger partial charge in [-0.1, -0.05) is 12.8 Å². The lowest BCUT2D eigenvalue weighted by Crippen LogP contribution is -2.32. The first-order chi connectivity index (χ1) is 8.72. The van der Waals surface area contributed by atoms with Crippen molar-refractivity contribution >= 4 is 28.5 Å². The van der Waals surface area contributed by atoms with Gasteiger partial charge in [-0.05, 0) is 42.6 Å². The van der Waals surface area contributed by atoms with Gasteiger partial charge in [-0.3, -0.25) is 4.79 Å². The van der Waals surface area contributed by atoms with E-state index in [9.17, 15) is 4.79 Å². The topological polar surface area (TPSA) is 57.8 Å². The number of rotatable bonds is 2. The van der Waals surface area contributed by atoms with Crippen molar-refractivity contribution < 1.29 is 4.79 Å². The van der Waals surface area contributed by atoms with Crippen LogP contribution in [0.1, 0.15) is 36.0 Å². The molecule has 1 aliphatic rings. The monoisotopic (exact) mass is 263 g/mol. The summed E-state index contributed by atoms with van der Waals surface area (Å²) in [5, 5.41) is 3.41. The third-order valence-corrected chi connectivity index (χ3v) is 3.58. The van der Waals surface area contributed by atoms with E-state index < -0.39 is 0 Å². The molecule has 1 heterocycles. The van der Waals surface area contributed by atoms with Crippen molar-refractivity contribution in [2.45, 2.75) is 31.7 Å². The number of nitrogens with zero attached hydrogens (tertiary/aromatic N) is 1. The molecule has 94 valence electrons. The highest BCUT2D eigenvalue weighted by Gasteiger charge is 2.18. The van der Waals surface area contributed by atoms with Crippen molar-refractivity contribution in [2.24, 2.45) is 0 Å². The summed E-state index contributed by atoms with van der Waals surface area (Å²) in [7, 11) is 0. The number of carbonyl (C=O) groups excluding carboxylic acids is 1. The van der Waals surface area contributed by atoms with Gasteiger partial charge < -0.3 is 10.3 Å². The van der Waals surface area contributed by atoms with Gasteiger partial charge in [-0.2, -0.15) is 0 Å². The third-order valence-electron chi connectivity index (χ3n) is 3.41. The molecule has 18 heavy (non-hydrogen) atoms. The number of carbonyl (C=O) groups is 1. The molecule has 1 aliphatic carbocycles. The van der Waals surface area contributed by atoms with Crippen LogP contribution >= 0.6 is 11.6 Å². The van der Waals surface area contributed by atoms with E-state index in [1.54, 1.807) is 18.2 Å². The molecule has 4 nitrogen and oxygen atoms in total. The van der Waals surface area contributed by atoms with Crippen LogP contribution in [-0.4, -0.2) is 21.9 Å². The van der Waals surface area contributed by atoms with Gasteiger partial charge in [0.2, 0.25) is 5.28 Å². The van der Waals surface area contributed by atoms with Crippen molar-refractivity contribution in [3.8, 4) is 0 Å². The number of hydrogen-bond donors (Lipinski definition) is 2. The Bertz CT molecular complexity index is 587. The first-order valence-corrected chi connectivity index (χ1v) is 6.56. The number of nitrogens with one attached hydrogen (secondary N) is 2. The summed E-state index contributed by atoms with van der Waals surface area (Å²) in [4.78, 5) is 19.1. The van der Waals surface area contributed by atoms with E-state index >= 15 is 0 Å². The van der Waals surface area contributed by atoms with E-state index in [0.717, 1.165) is 23.9 Å². The molecule has 0 bridgehead atoms. The molecule has 0 radical (unpaired) electrons. The van der Waals surface area contributed by atoms with E-state index in [-0.39, 0.29) is 5.91 Å². The summed E-state index contributed by atoms with van der Waals surface area (Å²) in [5.74, 6) is -0.0190. The molecule has 3 rings (SSSR count). The summed E-state index contributed by atoms with van der Waals surface area (Å²) < 4.78 is 0. The fourth-order valence-electron chi connectivity index (χ4n) is 2.46. The number of amides is 1. The maximum atomic E-state index is 12.1. The zero-order valence-corrected chi connectivity index (χ0v) is 10.6. The highest BCUT2D eigenvalue weighted by molar-refractivity contribution is 6.29. The molecule has 1 amide bonds. The molecule has 0 saturated heterocycles. The highest BCUT2D eigenvalue weighted by atomic mass is 35.5. The summed E-state index contributed by atoms with van der Waals surface area (Å²) in [6.07, 6.45) is 4.59. The minimum atomic E-state index is -0.0190. The molecule has 0 unspecified atom stereocenters. The molecule has 1 fully saturated rings. The van der Waals surface area contributed by atoms with Crippen LogP contribution in [0.4, 0.5) is 0 Å². The van der Waals surface area contributed by atoms with Crippen LogP contribution < -0.4 is 5.32 Å². The lowest BCUT2D eigenvalue weighted by molar-refractivity contribution is 0.0938. The number of benzene rings is 1. The Kier molecular flexibility index (Phi) is 2.96. The SMILES string of the molecule is O=C(NC1CCCC1)c1ccc2nc(Cl)[nH]c2c1. The van der Waals surface area contributed by atoms with Gasteiger partial charge in [0, 0.05) is 11.6 Å². The van der Waals surface area contributed by atoms with Gasteiger partial charge in [0.1, 0.15) is 0 Å². The second kappa shape index (κ2) is 4.61. The summed E-state index contributed by atoms with van der Waals surface area (Å²) in [6.45, 7) is 0. The molecular formula is C13H14ClN3O. The molecule has 1 saturated carbocycles. The lowest BCUT2D eigenvalue weighted by Gasteiger charge is -2.11. The van der Waals surface area contributed by atoms with Crippen LogP contribution in [0.3, 0.4) is 0 Å². The van der Waals surface area contributed by atoms with Gasteiger partial charge >= 0.3 is 0 Å². The number of H-pyrrole nitrogens is 1. The Balaban J connectivity index is 1.81. The first-order valence-electron chi connectivity index (χ1n) is 6.18. The fourth-order valence-corrected chi connectivity index (χ4v) is 2.65. The van der Waals surface area contributed by atoms with Crippen LogP contribution in [0, 0.1) is 0 Å². The van der Waals surface area contributed by atoms with Gasteiger partial charge in [0.15, 0.2) is 0 Å². The van der Waals surface area contributed by atoms with Crippen LogP contribution in [0.25, 0.3) is 11.0 Å². The molecule has 2 N–H and O–H groups in total. The van der Waals surface area contributed by atoms with Crippen LogP contribution in [0.2, 0.25) is 5.28 Å². The van der Waals surface area contributed by atoms with E-state index in [1.165, 1.54) is 12.8 Å². The number of aromatic amines is 1. The van der Waals surface area contributed by atoms with Crippen molar-refractivity contribution in [1.82, 2.24) is 15.3 Å². The molecule has 1 aromatic carbocycles. The normalized spacial score (nSPS) is 16.3. The number of hydrogen-bond acceptors (Lipinski definition) is 2.